The van der Waals surface area contributed by atoms with Crippen LogP contribution in [0.4, 0.5) is 0 Å². The largest absolute Gasteiger partial charge is 0.328 e. The number of aromatic nitrogens is 1. The Morgan fingerprint density at radius 2 is 2.18 bits per heavy atom. The summed E-state index contributed by atoms with van der Waals surface area (Å²) in [6, 6.07) is 3.57. The number of rotatable bonds is 3. The molecule has 120 valence electrons. The van der Waals surface area contributed by atoms with Crippen LogP contribution in [0.25, 0.3) is 10.6 Å². The monoisotopic (exact) mass is 357 g/mol. The van der Waals surface area contributed by atoms with E-state index in [1.54, 1.807) is 21.7 Å². The molecule has 2 aromatic rings. The van der Waals surface area contributed by atoms with E-state index in [-0.39, 0.29) is 12.1 Å². The van der Waals surface area contributed by atoms with E-state index < -0.39 is 10.0 Å². The van der Waals surface area contributed by atoms with Crippen molar-refractivity contribution < 1.29 is 8.42 Å². The number of sulfonamides is 1. The number of piperidine rings is 1. The first-order valence-electron chi connectivity index (χ1n) is 7.17. The smallest absolute Gasteiger partial charge is 0.252 e. The Labute approximate surface area is 138 Å². The first kappa shape index (κ1) is 16.1. The third-order valence-electron chi connectivity index (χ3n) is 3.87. The van der Waals surface area contributed by atoms with Crippen molar-refractivity contribution in [3.63, 3.8) is 0 Å². The summed E-state index contributed by atoms with van der Waals surface area (Å²) in [4.78, 5) is 5.31. The SMILES string of the molecule is Cc1nc(-c2ccc(S(=O)(=O)N3CC[C@@H](N)C[C@@H]3C)s2)cs1. The van der Waals surface area contributed by atoms with Crippen LogP contribution in [0.5, 0.6) is 0 Å². The van der Waals surface area contributed by atoms with Gasteiger partial charge in [0.1, 0.15) is 4.21 Å². The number of thiophene rings is 1. The van der Waals surface area contributed by atoms with Crippen molar-refractivity contribution in [1.82, 2.24) is 9.29 Å². The van der Waals surface area contributed by atoms with Crippen LogP contribution in [0.3, 0.4) is 0 Å². The number of aryl methyl sites for hydroxylation is 1. The average Bonchev–Trinajstić information content (AvgIpc) is 3.06. The molecule has 0 saturated carbocycles. The van der Waals surface area contributed by atoms with Crippen molar-refractivity contribution in [2.24, 2.45) is 5.73 Å². The van der Waals surface area contributed by atoms with Crippen LogP contribution in [0, 0.1) is 6.92 Å². The number of hydrogen-bond acceptors (Lipinski definition) is 6. The second-order valence-electron chi connectivity index (χ2n) is 5.62. The molecule has 8 heteroatoms. The van der Waals surface area contributed by atoms with Crippen molar-refractivity contribution in [2.75, 3.05) is 6.54 Å². The molecule has 1 aliphatic heterocycles. The maximum absolute atomic E-state index is 12.8. The summed E-state index contributed by atoms with van der Waals surface area (Å²) in [6.45, 7) is 4.36. The lowest BCUT2D eigenvalue weighted by Crippen LogP contribution is -2.48. The molecule has 22 heavy (non-hydrogen) atoms. The Morgan fingerprint density at radius 3 is 2.82 bits per heavy atom. The summed E-state index contributed by atoms with van der Waals surface area (Å²) in [5.74, 6) is 0. The summed E-state index contributed by atoms with van der Waals surface area (Å²) in [5.41, 5.74) is 6.78. The zero-order valence-electron chi connectivity index (χ0n) is 12.5. The summed E-state index contributed by atoms with van der Waals surface area (Å²) in [6.07, 6.45) is 1.43. The van der Waals surface area contributed by atoms with Gasteiger partial charge in [-0.1, -0.05) is 0 Å². The summed E-state index contributed by atoms with van der Waals surface area (Å²) in [7, 11) is -3.44. The Kier molecular flexibility index (Phi) is 4.39. The van der Waals surface area contributed by atoms with Crippen LogP contribution < -0.4 is 5.73 Å². The van der Waals surface area contributed by atoms with E-state index >= 15 is 0 Å². The zero-order chi connectivity index (χ0) is 15.9. The van der Waals surface area contributed by atoms with Crippen LogP contribution in [-0.2, 0) is 10.0 Å². The van der Waals surface area contributed by atoms with E-state index in [0.29, 0.717) is 23.6 Å². The standard InChI is InChI=1S/C14H19N3O2S3/c1-9-7-11(15)5-6-17(9)22(18,19)14-4-3-13(21-14)12-8-20-10(2)16-12/h3-4,8-9,11H,5-7,15H2,1-2H3/t9-,11+/m0/s1. The van der Waals surface area contributed by atoms with E-state index in [0.717, 1.165) is 15.6 Å². The van der Waals surface area contributed by atoms with Crippen molar-refractivity contribution in [2.45, 2.75) is 43.0 Å². The number of nitrogens with two attached hydrogens (primary N) is 1. The predicted molar refractivity (Wildman–Crippen MR) is 90.7 cm³/mol. The minimum atomic E-state index is -3.44. The lowest BCUT2D eigenvalue weighted by molar-refractivity contribution is 0.247. The van der Waals surface area contributed by atoms with Crippen LogP contribution in [-0.4, -0.2) is 36.3 Å². The van der Waals surface area contributed by atoms with Crippen LogP contribution >= 0.6 is 22.7 Å². The Hall–Kier alpha value is -0.800. The minimum Gasteiger partial charge on any atom is -0.328 e. The molecule has 0 aromatic carbocycles. The molecule has 2 aromatic heterocycles. The van der Waals surface area contributed by atoms with Gasteiger partial charge in [-0.2, -0.15) is 4.31 Å². The second kappa shape index (κ2) is 6.01. The normalized spacial score (nSPS) is 23.8. The van der Waals surface area contributed by atoms with Gasteiger partial charge in [-0.3, -0.25) is 0 Å². The highest BCUT2D eigenvalue weighted by molar-refractivity contribution is 7.91. The molecule has 3 heterocycles. The van der Waals surface area contributed by atoms with Gasteiger partial charge in [0.15, 0.2) is 0 Å². The maximum Gasteiger partial charge on any atom is 0.252 e. The molecule has 0 amide bonds. The molecule has 0 radical (unpaired) electrons. The fourth-order valence-corrected chi connectivity index (χ4v) is 6.47. The van der Waals surface area contributed by atoms with Gasteiger partial charge in [-0.05, 0) is 38.8 Å². The molecule has 1 aliphatic rings. The van der Waals surface area contributed by atoms with Crippen molar-refractivity contribution >= 4 is 32.7 Å². The van der Waals surface area contributed by atoms with Gasteiger partial charge < -0.3 is 5.73 Å². The molecule has 0 bridgehead atoms. The van der Waals surface area contributed by atoms with E-state index in [2.05, 4.69) is 4.98 Å². The highest BCUT2D eigenvalue weighted by atomic mass is 32.2. The van der Waals surface area contributed by atoms with Gasteiger partial charge in [0.05, 0.1) is 15.6 Å². The van der Waals surface area contributed by atoms with Gasteiger partial charge in [0.2, 0.25) is 0 Å². The second-order valence-corrected chi connectivity index (χ2v) is 9.88. The fourth-order valence-electron chi connectivity index (χ4n) is 2.73. The van der Waals surface area contributed by atoms with Crippen molar-refractivity contribution in [3.05, 3.63) is 22.5 Å². The van der Waals surface area contributed by atoms with E-state index in [4.69, 9.17) is 5.73 Å². The number of thiazole rings is 1. The summed E-state index contributed by atoms with van der Waals surface area (Å²) < 4.78 is 27.6. The predicted octanol–water partition coefficient (Wildman–Crippen LogP) is 2.68. The topological polar surface area (TPSA) is 76.3 Å². The van der Waals surface area contributed by atoms with E-state index in [9.17, 15) is 8.42 Å². The van der Waals surface area contributed by atoms with E-state index in [1.165, 1.54) is 11.3 Å². The molecule has 2 atom stereocenters. The molecular formula is C14H19N3O2S3. The van der Waals surface area contributed by atoms with Crippen molar-refractivity contribution in [3.8, 4) is 10.6 Å². The molecule has 1 fully saturated rings. The third kappa shape index (κ3) is 2.98. The highest BCUT2D eigenvalue weighted by Crippen LogP contribution is 2.34. The van der Waals surface area contributed by atoms with Crippen LogP contribution in [0.1, 0.15) is 24.8 Å². The van der Waals surface area contributed by atoms with Gasteiger partial charge in [-0.15, -0.1) is 22.7 Å². The lowest BCUT2D eigenvalue weighted by atomic mass is 10.0. The molecule has 2 N–H and O–H groups in total. The average molecular weight is 358 g/mol. The van der Waals surface area contributed by atoms with Crippen LogP contribution in [0.15, 0.2) is 21.7 Å². The Morgan fingerprint density at radius 1 is 1.41 bits per heavy atom. The van der Waals surface area contributed by atoms with Gasteiger partial charge in [0, 0.05) is 24.0 Å². The molecule has 1 saturated heterocycles. The van der Waals surface area contributed by atoms with Crippen LogP contribution in [0.2, 0.25) is 0 Å². The molecule has 0 unspecified atom stereocenters. The quantitative estimate of drug-likeness (QED) is 0.916. The fraction of sp³-hybridized carbons (Fsp3) is 0.500. The van der Waals surface area contributed by atoms with Gasteiger partial charge in [-0.25, -0.2) is 13.4 Å². The molecule has 0 aliphatic carbocycles. The Bertz CT molecular complexity index is 766. The lowest BCUT2D eigenvalue weighted by Gasteiger charge is -2.34. The minimum absolute atomic E-state index is 0.0548. The first-order valence-corrected chi connectivity index (χ1v) is 10.3. The summed E-state index contributed by atoms with van der Waals surface area (Å²) in [5, 5.41) is 2.94. The molecule has 5 nitrogen and oxygen atoms in total. The summed E-state index contributed by atoms with van der Waals surface area (Å²) >= 11 is 2.85. The van der Waals surface area contributed by atoms with Gasteiger partial charge in [0.25, 0.3) is 10.0 Å². The Balaban J connectivity index is 1.88. The maximum atomic E-state index is 12.8. The van der Waals surface area contributed by atoms with Crippen molar-refractivity contribution in [1.29, 1.82) is 0 Å². The number of hydrogen-bond donors (Lipinski definition) is 1. The molecule has 0 spiro atoms. The zero-order valence-corrected chi connectivity index (χ0v) is 15.0. The number of nitrogens with zero attached hydrogens (tertiary/aromatic N) is 2. The highest BCUT2D eigenvalue weighted by Gasteiger charge is 2.34. The molecule has 3 rings (SSSR count). The molecular weight excluding hydrogens is 338 g/mol. The van der Waals surface area contributed by atoms with Gasteiger partial charge >= 0.3 is 0 Å². The first-order chi connectivity index (χ1) is 10.4. The third-order valence-corrected chi connectivity index (χ3v) is 8.23. The van der Waals surface area contributed by atoms with E-state index in [1.807, 2.05) is 25.3 Å².